The van der Waals surface area contributed by atoms with Crippen molar-refractivity contribution in [1.29, 1.82) is 0 Å². The number of rotatable bonds is 4. The van der Waals surface area contributed by atoms with Crippen molar-refractivity contribution in [1.82, 2.24) is 9.88 Å². The van der Waals surface area contributed by atoms with Gasteiger partial charge in [0.15, 0.2) is 0 Å². The first-order chi connectivity index (χ1) is 16.3. The molecule has 1 saturated carbocycles. The van der Waals surface area contributed by atoms with Crippen LogP contribution in [0.2, 0.25) is 0 Å². The number of likely N-dealkylation sites (tertiary alicyclic amines) is 1. The highest BCUT2D eigenvalue weighted by Gasteiger charge is 2.37. The first-order valence-electron chi connectivity index (χ1n) is 12.7. The highest BCUT2D eigenvalue weighted by molar-refractivity contribution is 5.95. The minimum atomic E-state index is -0.598. The summed E-state index contributed by atoms with van der Waals surface area (Å²) in [6.45, 7) is 6.38. The van der Waals surface area contributed by atoms with Gasteiger partial charge in [0.2, 0.25) is 0 Å². The largest absolute Gasteiger partial charge is 0.443 e. The zero-order valence-electron chi connectivity index (χ0n) is 20.7. The quantitative estimate of drug-likeness (QED) is 0.518. The van der Waals surface area contributed by atoms with Gasteiger partial charge in [-0.2, -0.15) is 0 Å². The van der Waals surface area contributed by atoms with Crippen molar-refractivity contribution in [3.8, 4) is 0 Å². The summed E-state index contributed by atoms with van der Waals surface area (Å²) in [7, 11) is 0. The number of hydrogen-bond donors (Lipinski definition) is 0. The summed E-state index contributed by atoms with van der Waals surface area (Å²) in [5.74, 6) is 0.669. The summed E-state index contributed by atoms with van der Waals surface area (Å²) in [6.07, 6.45) is 9.50. The number of anilines is 1. The molecule has 0 bridgehead atoms. The fourth-order valence-corrected chi connectivity index (χ4v) is 5.17. The third-order valence-electron chi connectivity index (χ3n) is 6.72. The molecule has 6 heteroatoms. The van der Waals surface area contributed by atoms with E-state index in [1.807, 2.05) is 68.1 Å². The van der Waals surface area contributed by atoms with Crippen LogP contribution in [0.25, 0.3) is 0 Å². The van der Waals surface area contributed by atoms with Crippen molar-refractivity contribution in [2.75, 3.05) is 11.4 Å². The smallest absolute Gasteiger partial charge is 0.416 e. The van der Waals surface area contributed by atoms with Crippen molar-refractivity contribution in [3.63, 3.8) is 0 Å². The highest BCUT2D eigenvalue weighted by Crippen LogP contribution is 2.38. The van der Waals surface area contributed by atoms with E-state index in [4.69, 9.17) is 9.72 Å². The third-order valence-corrected chi connectivity index (χ3v) is 6.72. The molecule has 4 rings (SSSR count). The molecule has 1 aliphatic carbocycles. The number of nitrogens with zero attached hydrogens (tertiary/aromatic N) is 3. The average Bonchev–Trinajstić information content (AvgIpc) is 2.84. The van der Waals surface area contributed by atoms with Crippen LogP contribution in [-0.2, 0) is 4.74 Å². The Labute approximate surface area is 203 Å². The average molecular weight is 464 g/mol. The number of benzene rings is 1. The Morgan fingerprint density at radius 1 is 0.941 bits per heavy atom. The lowest BCUT2D eigenvalue weighted by molar-refractivity contribution is 0.0555. The predicted octanol–water partition coefficient (Wildman–Crippen LogP) is 6.52. The van der Waals surface area contributed by atoms with Gasteiger partial charge < -0.3 is 9.64 Å². The number of carbonyl (C=O) groups is 2. The Kier molecular flexibility index (Phi) is 7.54. The monoisotopic (exact) mass is 463 g/mol. The second kappa shape index (κ2) is 10.6. The second-order valence-corrected chi connectivity index (χ2v) is 10.4. The second-order valence-electron chi connectivity index (χ2n) is 10.4. The van der Waals surface area contributed by atoms with E-state index >= 15 is 0 Å². The van der Waals surface area contributed by atoms with Crippen LogP contribution in [0.3, 0.4) is 0 Å². The topological polar surface area (TPSA) is 62.7 Å². The molecule has 2 aliphatic rings. The molecule has 1 aromatic carbocycles. The summed E-state index contributed by atoms with van der Waals surface area (Å²) in [5.41, 5.74) is 1.03. The number of ether oxygens (including phenoxy) is 1. The van der Waals surface area contributed by atoms with Gasteiger partial charge in [-0.3, -0.25) is 9.69 Å². The maximum absolute atomic E-state index is 13.5. The SMILES string of the molecule is CC(C)(C)OC(=O)N(c1ncccc1[C@@H]1CCCCN1C(=O)c1ccccc1)C1CCCCC1. The molecule has 34 heavy (non-hydrogen) atoms. The van der Waals surface area contributed by atoms with Gasteiger partial charge in [-0.1, -0.05) is 43.5 Å². The Morgan fingerprint density at radius 2 is 1.65 bits per heavy atom. The lowest BCUT2D eigenvalue weighted by atomic mass is 9.92. The van der Waals surface area contributed by atoms with Crippen LogP contribution in [-0.4, -0.2) is 40.1 Å². The predicted molar refractivity (Wildman–Crippen MR) is 134 cm³/mol. The Bertz CT molecular complexity index is 980. The summed E-state index contributed by atoms with van der Waals surface area (Å²) < 4.78 is 5.86. The Hall–Kier alpha value is -2.89. The van der Waals surface area contributed by atoms with Crippen LogP contribution in [0.1, 0.15) is 94.1 Å². The van der Waals surface area contributed by atoms with Crippen LogP contribution in [0.4, 0.5) is 10.6 Å². The lowest BCUT2D eigenvalue weighted by Crippen LogP contribution is -2.46. The van der Waals surface area contributed by atoms with E-state index in [1.165, 1.54) is 6.42 Å². The molecular formula is C28H37N3O3. The van der Waals surface area contributed by atoms with Crippen molar-refractivity contribution in [3.05, 3.63) is 59.8 Å². The molecule has 1 aliphatic heterocycles. The normalized spacial score (nSPS) is 19.5. The standard InChI is InChI=1S/C28H37N3O3/c1-28(2,3)34-27(33)31(22-15-8-5-9-16-22)25-23(17-12-19-29-25)24-18-10-11-20-30(24)26(32)21-13-6-4-7-14-21/h4,6-7,12-14,17,19,22,24H,5,8-11,15-16,18,20H2,1-3H3/t24-/m0/s1. The maximum atomic E-state index is 13.5. The van der Waals surface area contributed by atoms with Gasteiger partial charge >= 0.3 is 6.09 Å². The number of piperidine rings is 1. The van der Waals surface area contributed by atoms with E-state index in [0.29, 0.717) is 17.9 Å². The molecule has 6 nitrogen and oxygen atoms in total. The molecule has 0 spiro atoms. The fraction of sp³-hybridized carbons (Fsp3) is 0.536. The van der Waals surface area contributed by atoms with Crippen molar-refractivity contribution >= 4 is 17.8 Å². The first kappa shape index (κ1) is 24.2. The molecule has 0 N–H and O–H groups in total. The number of aromatic nitrogens is 1. The molecule has 1 aromatic heterocycles. The van der Waals surface area contributed by atoms with Crippen molar-refractivity contribution < 1.29 is 14.3 Å². The van der Waals surface area contributed by atoms with E-state index in [1.54, 1.807) is 11.1 Å². The van der Waals surface area contributed by atoms with E-state index in [2.05, 4.69) is 0 Å². The van der Waals surface area contributed by atoms with Gasteiger partial charge in [-0.15, -0.1) is 0 Å². The van der Waals surface area contributed by atoms with Crippen LogP contribution in [0.5, 0.6) is 0 Å². The van der Waals surface area contributed by atoms with Gasteiger partial charge in [-0.05, 0) is 71.1 Å². The van der Waals surface area contributed by atoms with Gasteiger partial charge in [0, 0.05) is 29.9 Å². The molecule has 2 fully saturated rings. The van der Waals surface area contributed by atoms with Crippen molar-refractivity contribution in [2.45, 2.75) is 89.8 Å². The van der Waals surface area contributed by atoms with Gasteiger partial charge in [0.05, 0.1) is 6.04 Å². The lowest BCUT2D eigenvalue weighted by Gasteiger charge is -2.40. The van der Waals surface area contributed by atoms with Crippen LogP contribution in [0, 0.1) is 0 Å². The third kappa shape index (κ3) is 5.60. The molecule has 2 aromatic rings. The van der Waals surface area contributed by atoms with E-state index in [-0.39, 0.29) is 24.1 Å². The zero-order chi connectivity index (χ0) is 24.1. The fourth-order valence-electron chi connectivity index (χ4n) is 5.17. The summed E-state index contributed by atoms with van der Waals surface area (Å²) in [5, 5.41) is 0. The number of pyridine rings is 1. The molecule has 0 unspecified atom stereocenters. The summed E-state index contributed by atoms with van der Waals surface area (Å²) >= 11 is 0. The van der Waals surface area contributed by atoms with Gasteiger partial charge in [0.1, 0.15) is 11.4 Å². The van der Waals surface area contributed by atoms with Crippen LogP contribution < -0.4 is 4.90 Å². The minimum absolute atomic E-state index is 0.0292. The Balaban J connectivity index is 1.72. The Morgan fingerprint density at radius 3 is 2.35 bits per heavy atom. The zero-order valence-corrected chi connectivity index (χ0v) is 20.7. The maximum Gasteiger partial charge on any atom is 0.416 e. The summed E-state index contributed by atoms with van der Waals surface area (Å²) in [4.78, 5) is 35.5. The molecule has 0 radical (unpaired) electrons. The molecule has 1 saturated heterocycles. The number of carbonyl (C=O) groups excluding carboxylic acids is 2. The van der Waals surface area contributed by atoms with Gasteiger partial charge in [-0.25, -0.2) is 9.78 Å². The number of amides is 2. The van der Waals surface area contributed by atoms with Crippen LogP contribution >= 0.6 is 0 Å². The van der Waals surface area contributed by atoms with E-state index in [0.717, 1.165) is 50.5 Å². The molecule has 2 heterocycles. The first-order valence-corrected chi connectivity index (χ1v) is 12.7. The van der Waals surface area contributed by atoms with Crippen molar-refractivity contribution in [2.24, 2.45) is 0 Å². The molecular weight excluding hydrogens is 426 g/mol. The van der Waals surface area contributed by atoms with Gasteiger partial charge in [0.25, 0.3) is 5.91 Å². The highest BCUT2D eigenvalue weighted by atomic mass is 16.6. The molecule has 182 valence electrons. The minimum Gasteiger partial charge on any atom is -0.443 e. The summed E-state index contributed by atoms with van der Waals surface area (Å²) in [6, 6.07) is 13.3. The number of hydrogen-bond acceptors (Lipinski definition) is 4. The van der Waals surface area contributed by atoms with E-state index < -0.39 is 5.60 Å². The molecule has 2 amide bonds. The van der Waals surface area contributed by atoms with E-state index in [9.17, 15) is 9.59 Å². The molecule has 1 atom stereocenters. The van der Waals surface area contributed by atoms with Crippen LogP contribution in [0.15, 0.2) is 48.7 Å².